The second-order valence-electron chi connectivity index (χ2n) is 9.20. The second kappa shape index (κ2) is 10.5. The number of ketones is 1. The Morgan fingerprint density at radius 2 is 1.77 bits per heavy atom. The molecular weight excluding hydrogens is 448 g/mol. The number of Topliss-reactive ketones (excluding diaryl/α,β-unsaturated/α-hetero) is 1. The first-order valence-electron chi connectivity index (χ1n) is 11.9. The molecule has 0 saturated carbocycles. The SMILES string of the molecule is Cc1ccc(O)c(/C(O)=C2\C(=O)C(=O)N(CCN3CCOCC3)C2c2ccc(OC(C)C)cc2)c1. The van der Waals surface area contributed by atoms with Gasteiger partial charge in [-0.15, -0.1) is 0 Å². The molecule has 2 saturated heterocycles. The Morgan fingerprint density at radius 1 is 1.09 bits per heavy atom. The number of carbonyl (C=O) groups is 2. The van der Waals surface area contributed by atoms with Crippen LogP contribution in [0.5, 0.6) is 11.5 Å². The van der Waals surface area contributed by atoms with Crippen molar-refractivity contribution in [2.45, 2.75) is 32.9 Å². The number of aryl methyl sites for hydroxylation is 1. The summed E-state index contributed by atoms with van der Waals surface area (Å²) in [4.78, 5) is 30.1. The van der Waals surface area contributed by atoms with Gasteiger partial charge in [0.05, 0.1) is 36.5 Å². The lowest BCUT2D eigenvalue weighted by Gasteiger charge is -2.31. The van der Waals surface area contributed by atoms with E-state index >= 15 is 0 Å². The van der Waals surface area contributed by atoms with E-state index in [0.29, 0.717) is 37.6 Å². The first kappa shape index (κ1) is 24.8. The number of aliphatic hydroxyl groups excluding tert-OH is 1. The van der Waals surface area contributed by atoms with Gasteiger partial charge in [0.15, 0.2) is 0 Å². The van der Waals surface area contributed by atoms with Crippen molar-refractivity contribution < 1.29 is 29.3 Å². The summed E-state index contributed by atoms with van der Waals surface area (Å²) in [6.45, 7) is 9.36. The van der Waals surface area contributed by atoms with Crippen LogP contribution in [0.2, 0.25) is 0 Å². The fraction of sp³-hybridized carbons (Fsp3) is 0.407. The molecule has 0 spiro atoms. The molecule has 2 aliphatic heterocycles. The third-order valence-corrected chi connectivity index (χ3v) is 6.28. The van der Waals surface area contributed by atoms with Crippen LogP contribution >= 0.6 is 0 Å². The Hall–Kier alpha value is -3.36. The number of morpholine rings is 1. The minimum Gasteiger partial charge on any atom is -0.507 e. The molecule has 2 N–H and O–H groups in total. The minimum atomic E-state index is -0.788. The number of phenols is 1. The van der Waals surface area contributed by atoms with Gasteiger partial charge in [-0.2, -0.15) is 0 Å². The second-order valence-corrected chi connectivity index (χ2v) is 9.20. The first-order valence-corrected chi connectivity index (χ1v) is 11.9. The number of hydrogen-bond donors (Lipinski definition) is 2. The summed E-state index contributed by atoms with van der Waals surface area (Å²) in [6.07, 6.45) is 0.00398. The van der Waals surface area contributed by atoms with Crippen molar-refractivity contribution >= 4 is 17.4 Å². The summed E-state index contributed by atoms with van der Waals surface area (Å²) in [7, 11) is 0. The number of nitrogens with zero attached hydrogens (tertiary/aromatic N) is 2. The van der Waals surface area contributed by atoms with E-state index in [1.165, 1.54) is 11.0 Å². The molecule has 8 nitrogen and oxygen atoms in total. The Labute approximate surface area is 205 Å². The van der Waals surface area contributed by atoms with Gasteiger partial charge in [-0.3, -0.25) is 14.5 Å². The van der Waals surface area contributed by atoms with Crippen molar-refractivity contribution in [3.8, 4) is 11.5 Å². The molecule has 2 aromatic carbocycles. The Kier molecular flexibility index (Phi) is 7.42. The van der Waals surface area contributed by atoms with Crippen molar-refractivity contribution in [3.63, 3.8) is 0 Å². The van der Waals surface area contributed by atoms with Gasteiger partial charge in [-0.25, -0.2) is 0 Å². The normalized spacial score (nSPS) is 20.6. The van der Waals surface area contributed by atoms with Crippen LogP contribution in [0, 0.1) is 6.92 Å². The van der Waals surface area contributed by atoms with Gasteiger partial charge in [0.2, 0.25) is 0 Å². The highest BCUT2D eigenvalue weighted by molar-refractivity contribution is 6.46. The molecule has 0 radical (unpaired) electrons. The number of hydrogen-bond acceptors (Lipinski definition) is 7. The molecule has 0 aliphatic carbocycles. The summed E-state index contributed by atoms with van der Waals surface area (Å²) in [5.74, 6) is -1.30. The number of likely N-dealkylation sites (tertiary alicyclic amines) is 1. The molecule has 2 heterocycles. The van der Waals surface area contributed by atoms with Gasteiger partial charge < -0.3 is 24.6 Å². The highest BCUT2D eigenvalue weighted by Crippen LogP contribution is 2.41. The summed E-state index contributed by atoms with van der Waals surface area (Å²) < 4.78 is 11.1. The average Bonchev–Trinajstić information content (AvgIpc) is 3.09. The molecule has 0 aromatic heterocycles. The van der Waals surface area contributed by atoms with Crippen LogP contribution < -0.4 is 4.74 Å². The Morgan fingerprint density at radius 3 is 2.43 bits per heavy atom. The molecule has 2 aliphatic rings. The number of benzene rings is 2. The minimum absolute atomic E-state index is 0.00398. The number of aromatic hydroxyl groups is 1. The van der Waals surface area contributed by atoms with E-state index in [1.807, 2.05) is 20.8 Å². The molecule has 186 valence electrons. The molecule has 1 atom stereocenters. The maximum Gasteiger partial charge on any atom is 0.295 e. The average molecular weight is 481 g/mol. The van der Waals surface area contributed by atoms with Crippen molar-refractivity contribution in [3.05, 3.63) is 64.7 Å². The number of carbonyl (C=O) groups excluding carboxylic acids is 2. The number of phenolic OH excluding ortho intramolecular Hbond substituents is 1. The number of amides is 1. The van der Waals surface area contributed by atoms with E-state index in [1.54, 1.807) is 36.4 Å². The molecular formula is C27H32N2O6. The summed E-state index contributed by atoms with van der Waals surface area (Å²) >= 11 is 0. The third-order valence-electron chi connectivity index (χ3n) is 6.28. The number of aliphatic hydroxyl groups is 1. The fourth-order valence-corrected chi connectivity index (χ4v) is 4.52. The number of ether oxygens (including phenoxy) is 2. The lowest BCUT2D eigenvalue weighted by atomic mass is 9.94. The molecule has 0 bridgehead atoms. The zero-order valence-electron chi connectivity index (χ0n) is 20.4. The lowest BCUT2D eigenvalue weighted by molar-refractivity contribution is -0.140. The van der Waals surface area contributed by atoms with Gasteiger partial charge >= 0.3 is 0 Å². The van der Waals surface area contributed by atoms with Crippen LogP contribution in [0.1, 0.15) is 36.6 Å². The predicted molar refractivity (Wildman–Crippen MR) is 131 cm³/mol. The summed E-state index contributed by atoms with van der Waals surface area (Å²) in [5.41, 5.74) is 1.57. The van der Waals surface area contributed by atoms with Crippen LogP contribution in [-0.2, 0) is 14.3 Å². The molecule has 1 amide bonds. The molecule has 35 heavy (non-hydrogen) atoms. The number of rotatable bonds is 7. The molecule has 8 heteroatoms. The predicted octanol–water partition coefficient (Wildman–Crippen LogP) is 3.24. The van der Waals surface area contributed by atoms with Crippen LogP contribution in [0.4, 0.5) is 0 Å². The standard InChI is InChI=1S/C27H32N2O6/c1-17(2)35-20-7-5-19(6-8-20)24-23(25(31)21-16-18(3)4-9-22(21)30)26(32)27(33)29(24)11-10-28-12-14-34-15-13-28/h4-9,16-17,24,30-31H,10-15H2,1-3H3/b25-23+. The molecule has 2 aromatic rings. The van der Waals surface area contributed by atoms with E-state index < -0.39 is 17.7 Å². The topological polar surface area (TPSA) is 99.5 Å². The van der Waals surface area contributed by atoms with Crippen LogP contribution in [0.15, 0.2) is 48.0 Å². The quantitative estimate of drug-likeness (QED) is 0.357. The van der Waals surface area contributed by atoms with E-state index in [9.17, 15) is 19.8 Å². The smallest absolute Gasteiger partial charge is 0.295 e. The fourth-order valence-electron chi connectivity index (χ4n) is 4.52. The molecule has 2 fully saturated rings. The van der Waals surface area contributed by atoms with Crippen molar-refractivity contribution in [2.24, 2.45) is 0 Å². The third kappa shape index (κ3) is 5.33. The van der Waals surface area contributed by atoms with Gasteiger partial charge in [0, 0.05) is 26.2 Å². The van der Waals surface area contributed by atoms with Gasteiger partial charge in [-0.05, 0) is 50.6 Å². The molecule has 1 unspecified atom stereocenters. The van der Waals surface area contributed by atoms with E-state index in [2.05, 4.69) is 4.90 Å². The van der Waals surface area contributed by atoms with Crippen LogP contribution in [0.3, 0.4) is 0 Å². The van der Waals surface area contributed by atoms with E-state index in [4.69, 9.17) is 9.47 Å². The Balaban J connectivity index is 1.75. The molecule has 4 rings (SSSR count). The highest BCUT2D eigenvalue weighted by Gasteiger charge is 2.46. The summed E-state index contributed by atoms with van der Waals surface area (Å²) in [6, 6.07) is 11.2. The van der Waals surface area contributed by atoms with E-state index in [0.717, 1.165) is 18.7 Å². The Bertz CT molecular complexity index is 1120. The first-order chi connectivity index (χ1) is 16.8. The van der Waals surface area contributed by atoms with Gasteiger partial charge in [-0.1, -0.05) is 23.8 Å². The van der Waals surface area contributed by atoms with Gasteiger partial charge in [0.1, 0.15) is 17.3 Å². The van der Waals surface area contributed by atoms with Crippen molar-refractivity contribution in [2.75, 3.05) is 39.4 Å². The summed E-state index contributed by atoms with van der Waals surface area (Å²) in [5, 5.41) is 21.6. The highest BCUT2D eigenvalue weighted by atomic mass is 16.5. The maximum atomic E-state index is 13.2. The largest absolute Gasteiger partial charge is 0.507 e. The maximum absolute atomic E-state index is 13.2. The zero-order chi connectivity index (χ0) is 25.1. The van der Waals surface area contributed by atoms with Crippen molar-refractivity contribution in [1.82, 2.24) is 9.80 Å². The van der Waals surface area contributed by atoms with Crippen molar-refractivity contribution in [1.29, 1.82) is 0 Å². The lowest BCUT2D eigenvalue weighted by Crippen LogP contribution is -2.42. The van der Waals surface area contributed by atoms with Gasteiger partial charge in [0.25, 0.3) is 11.7 Å². The monoisotopic (exact) mass is 480 g/mol. The van der Waals surface area contributed by atoms with Crippen LogP contribution in [-0.4, -0.2) is 77.2 Å². The van der Waals surface area contributed by atoms with Crippen LogP contribution in [0.25, 0.3) is 5.76 Å². The van der Waals surface area contributed by atoms with E-state index in [-0.39, 0.29) is 28.7 Å². The zero-order valence-corrected chi connectivity index (χ0v) is 20.4.